The fourth-order valence-corrected chi connectivity index (χ4v) is 6.06. The third-order valence-corrected chi connectivity index (χ3v) is 8.33. The molecule has 1 aliphatic heterocycles. The molecule has 40 heavy (non-hydrogen) atoms. The van der Waals surface area contributed by atoms with Crippen LogP contribution in [0, 0.1) is 5.92 Å². The van der Waals surface area contributed by atoms with Crippen LogP contribution in [0.1, 0.15) is 31.9 Å². The number of nitrogens with zero attached hydrogens (tertiary/aromatic N) is 5. The number of aromatic hydroxyl groups is 1. The molecule has 0 unspecified atom stereocenters. The highest BCUT2D eigenvalue weighted by molar-refractivity contribution is 9.10. The van der Waals surface area contributed by atoms with E-state index in [0.29, 0.717) is 13.0 Å². The lowest BCUT2D eigenvalue weighted by atomic mass is 10.0. The van der Waals surface area contributed by atoms with E-state index in [1.54, 1.807) is 23.3 Å². The van der Waals surface area contributed by atoms with Crippen LogP contribution in [0.2, 0.25) is 0 Å². The zero-order valence-electron chi connectivity index (χ0n) is 22.8. The van der Waals surface area contributed by atoms with E-state index >= 15 is 0 Å². The maximum atomic E-state index is 12.7. The Bertz CT molecular complexity index is 1670. The van der Waals surface area contributed by atoms with Crippen molar-refractivity contribution >= 4 is 59.8 Å². The van der Waals surface area contributed by atoms with Crippen molar-refractivity contribution in [2.24, 2.45) is 20.0 Å². The minimum absolute atomic E-state index is 0.0700. The van der Waals surface area contributed by atoms with E-state index in [4.69, 9.17) is 4.74 Å². The number of imidazole rings is 2. The van der Waals surface area contributed by atoms with Crippen molar-refractivity contribution < 1.29 is 14.6 Å². The lowest BCUT2D eigenvalue weighted by molar-refractivity contribution is -0.129. The lowest BCUT2D eigenvalue weighted by Gasteiger charge is -2.26. The summed E-state index contributed by atoms with van der Waals surface area (Å²) in [6.07, 6.45) is 3.90. The number of phenolic OH excluding ortho intramolecular Hbond substituents is 1. The molecule has 0 spiro atoms. The van der Waals surface area contributed by atoms with Crippen LogP contribution < -0.4 is 4.74 Å². The van der Waals surface area contributed by atoms with E-state index in [1.807, 2.05) is 60.0 Å². The molecule has 0 saturated carbocycles. The van der Waals surface area contributed by atoms with E-state index in [1.165, 1.54) is 0 Å². The van der Waals surface area contributed by atoms with Crippen molar-refractivity contribution in [1.82, 2.24) is 24.0 Å². The molecule has 1 amide bonds. The monoisotopic (exact) mass is 667 g/mol. The quantitative estimate of drug-likeness (QED) is 0.224. The number of halogens is 2. The van der Waals surface area contributed by atoms with Crippen LogP contribution in [-0.2, 0) is 18.9 Å². The molecule has 1 fully saturated rings. The first-order valence-corrected chi connectivity index (χ1v) is 14.6. The van der Waals surface area contributed by atoms with Crippen molar-refractivity contribution in [3.05, 3.63) is 81.8 Å². The van der Waals surface area contributed by atoms with Crippen LogP contribution in [-0.4, -0.2) is 47.7 Å². The van der Waals surface area contributed by atoms with Gasteiger partial charge in [0, 0.05) is 41.9 Å². The largest absolute Gasteiger partial charge is 0.506 e. The molecule has 0 bridgehead atoms. The average Bonchev–Trinajstić information content (AvgIpc) is 3.61. The highest BCUT2D eigenvalue weighted by atomic mass is 79.9. The number of rotatable bonds is 5. The summed E-state index contributed by atoms with van der Waals surface area (Å²) in [4.78, 5) is 23.2. The SMILES string of the molecule is C[C@H](c1ccccc1)N1C[C@H]([C@@H](C)Oc2cc(Br)cc3ncn(C)c23)CC1=O.Cn1cnc2cc(Br)cc(O)c21. The number of hydrogen-bond donors (Lipinski definition) is 1. The molecule has 2 aromatic heterocycles. The van der Waals surface area contributed by atoms with Gasteiger partial charge < -0.3 is 23.9 Å². The number of carbonyl (C=O) groups excluding carboxylic acids is 1. The Hall–Kier alpha value is -3.37. The number of hydrogen-bond acceptors (Lipinski definition) is 5. The summed E-state index contributed by atoms with van der Waals surface area (Å²) in [5.41, 5.74) is 4.58. The third-order valence-electron chi connectivity index (χ3n) is 7.41. The smallest absolute Gasteiger partial charge is 0.223 e. The number of likely N-dealkylation sites (tertiary alicyclic amines) is 1. The molecule has 1 aliphatic rings. The topological polar surface area (TPSA) is 85.4 Å². The van der Waals surface area contributed by atoms with Crippen molar-refractivity contribution in [3.8, 4) is 11.5 Å². The summed E-state index contributed by atoms with van der Waals surface area (Å²) in [5, 5.41) is 9.53. The van der Waals surface area contributed by atoms with Crippen LogP contribution >= 0.6 is 31.9 Å². The van der Waals surface area contributed by atoms with Crippen LogP contribution in [0.25, 0.3) is 22.1 Å². The molecule has 3 heterocycles. The van der Waals surface area contributed by atoms with Gasteiger partial charge in [0.05, 0.1) is 29.7 Å². The number of amides is 1. The summed E-state index contributed by atoms with van der Waals surface area (Å²) in [5.74, 6) is 1.39. The maximum absolute atomic E-state index is 12.7. The van der Waals surface area contributed by atoms with Crippen LogP contribution in [0.15, 0.2) is 76.2 Å². The van der Waals surface area contributed by atoms with Gasteiger partial charge in [0.2, 0.25) is 5.91 Å². The molecule has 0 radical (unpaired) electrons. The Labute approximate surface area is 249 Å². The lowest BCUT2D eigenvalue weighted by Crippen LogP contribution is -2.31. The fourth-order valence-electron chi connectivity index (χ4n) is 5.20. The Morgan fingerprint density at radius 2 is 1.52 bits per heavy atom. The fraction of sp³-hybridized carbons (Fsp3) is 0.300. The molecule has 5 aromatic rings. The Morgan fingerprint density at radius 1 is 0.925 bits per heavy atom. The van der Waals surface area contributed by atoms with Gasteiger partial charge >= 0.3 is 0 Å². The molecule has 3 atom stereocenters. The van der Waals surface area contributed by atoms with E-state index in [2.05, 4.69) is 67.8 Å². The van der Waals surface area contributed by atoms with Gasteiger partial charge in [0.25, 0.3) is 0 Å². The summed E-state index contributed by atoms with van der Waals surface area (Å²) in [6, 6.07) is 17.7. The van der Waals surface area contributed by atoms with Gasteiger partial charge in [-0.25, -0.2) is 9.97 Å². The number of benzene rings is 3. The molecule has 10 heteroatoms. The van der Waals surface area contributed by atoms with E-state index in [-0.39, 0.29) is 29.7 Å². The zero-order chi connectivity index (χ0) is 28.6. The first-order valence-electron chi connectivity index (χ1n) is 13.0. The second-order valence-electron chi connectivity index (χ2n) is 10.2. The van der Waals surface area contributed by atoms with Crippen LogP contribution in [0.4, 0.5) is 0 Å². The molecule has 0 aliphatic carbocycles. The molecule has 6 rings (SSSR count). The van der Waals surface area contributed by atoms with E-state index < -0.39 is 0 Å². The number of carbonyl (C=O) groups is 1. The number of aryl methyl sites for hydroxylation is 2. The predicted molar refractivity (Wildman–Crippen MR) is 163 cm³/mol. The highest BCUT2D eigenvalue weighted by Crippen LogP contribution is 2.34. The summed E-state index contributed by atoms with van der Waals surface area (Å²) >= 11 is 6.82. The van der Waals surface area contributed by atoms with Crippen molar-refractivity contribution in [2.45, 2.75) is 32.4 Å². The summed E-state index contributed by atoms with van der Waals surface area (Å²) in [7, 11) is 3.81. The minimum atomic E-state index is -0.0793. The van der Waals surface area contributed by atoms with Gasteiger partial charge in [-0.1, -0.05) is 62.2 Å². The van der Waals surface area contributed by atoms with Crippen molar-refractivity contribution in [2.75, 3.05) is 6.54 Å². The number of aromatic nitrogens is 4. The normalized spacial score (nSPS) is 16.7. The van der Waals surface area contributed by atoms with E-state index in [9.17, 15) is 9.90 Å². The Balaban J connectivity index is 0.000000223. The van der Waals surface area contributed by atoms with Crippen molar-refractivity contribution in [1.29, 1.82) is 0 Å². The number of fused-ring (bicyclic) bond motifs is 2. The van der Waals surface area contributed by atoms with Gasteiger partial charge in [-0.3, -0.25) is 4.79 Å². The molecule has 208 valence electrons. The second kappa shape index (κ2) is 11.6. The Kier molecular flexibility index (Phi) is 8.19. The molecular weight excluding hydrogens is 638 g/mol. The van der Waals surface area contributed by atoms with Gasteiger partial charge in [-0.05, 0) is 43.7 Å². The zero-order valence-corrected chi connectivity index (χ0v) is 25.9. The van der Waals surface area contributed by atoms with Crippen molar-refractivity contribution in [3.63, 3.8) is 0 Å². The van der Waals surface area contributed by atoms with Crippen LogP contribution in [0.3, 0.4) is 0 Å². The molecule has 1 saturated heterocycles. The molecule has 1 N–H and O–H groups in total. The average molecular weight is 669 g/mol. The highest BCUT2D eigenvalue weighted by Gasteiger charge is 2.37. The summed E-state index contributed by atoms with van der Waals surface area (Å²) in [6.45, 7) is 4.85. The first kappa shape index (κ1) is 28.2. The van der Waals surface area contributed by atoms with Gasteiger partial charge in [-0.15, -0.1) is 0 Å². The third kappa shape index (κ3) is 5.74. The first-order chi connectivity index (χ1) is 19.1. The Morgan fingerprint density at radius 3 is 2.20 bits per heavy atom. The second-order valence-corrected chi connectivity index (χ2v) is 12.0. The van der Waals surface area contributed by atoms with Crippen LogP contribution in [0.5, 0.6) is 11.5 Å². The van der Waals surface area contributed by atoms with Gasteiger partial charge in [0.1, 0.15) is 28.6 Å². The van der Waals surface area contributed by atoms with E-state index in [0.717, 1.165) is 42.3 Å². The molecule has 8 nitrogen and oxygen atoms in total. The molecule has 3 aromatic carbocycles. The standard InChI is InChI=1S/C22H24BrN3O2.C8H7BrN2O/c1-14(16-7-5-4-6-8-16)26-12-17(9-21(26)27)15(2)28-20-11-18(23)10-19-22(20)25(3)13-24-19;1-11-4-10-6-2-5(9)3-7(12)8(6)11/h4-8,10-11,13-15,17H,9,12H2,1-3H3;2-4,12H,1H3/t14-,15-,17-;/m1./s1. The number of phenols is 1. The maximum Gasteiger partial charge on any atom is 0.223 e. The minimum Gasteiger partial charge on any atom is -0.506 e. The predicted octanol–water partition coefficient (Wildman–Crippen LogP) is 6.75. The van der Waals surface area contributed by atoms with Gasteiger partial charge in [0.15, 0.2) is 0 Å². The number of ether oxygens (including phenoxy) is 1. The summed E-state index contributed by atoms with van der Waals surface area (Å²) < 4.78 is 11.9. The van der Waals surface area contributed by atoms with Gasteiger partial charge in [-0.2, -0.15) is 0 Å². The molecular formula is C30H31Br2N5O3.